The Hall–Kier alpha value is -2.20. The summed E-state index contributed by atoms with van der Waals surface area (Å²) in [6.45, 7) is 2.78. The van der Waals surface area contributed by atoms with E-state index in [0.29, 0.717) is 0 Å². The van der Waals surface area contributed by atoms with Gasteiger partial charge in [-0.2, -0.15) is 8.42 Å². The second-order valence-corrected chi connectivity index (χ2v) is 6.60. The summed E-state index contributed by atoms with van der Waals surface area (Å²) in [5, 5.41) is 0. The maximum atomic E-state index is 8.74. The van der Waals surface area contributed by atoms with Crippen molar-refractivity contribution in [2.45, 2.75) is 6.54 Å². The van der Waals surface area contributed by atoms with Gasteiger partial charge in [-0.1, -0.05) is 18.2 Å². The van der Waals surface area contributed by atoms with Crippen LogP contribution in [0.5, 0.6) is 5.75 Å². The van der Waals surface area contributed by atoms with E-state index in [0.717, 1.165) is 31.2 Å². The van der Waals surface area contributed by atoms with Crippen LogP contribution in [-0.2, 0) is 16.9 Å². The van der Waals surface area contributed by atoms with Crippen LogP contribution >= 0.6 is 0 Å². The number of rotatable bonds is 7. The number of hydrogen-bond donors (Lipinski definition) is 2. The van der Waals surface area contributed by atoms with Crippen molar-refractivity contribution in [1.29, 1.82) is 0 Å². The number of hydrogen-bond acceptors (Lipinski definition) is 6. The molecule has 1 aromatic carbocycles. The first-order chi connectivity index (χ1) is 12.2. The molecular formula is C17H25N3O5S. The van der Waals surface area contributed by atoms with Crippen LogP contribution in [-0.4, -0.2) is 61.7 Å². The SMILES string of the molecule is COc1ccc(CN(CCN(C)C)c2ccccn2)cc1.O=S(=O)(O)O. The van der Waals surface area contributed by atoms with Crippen molar-refractivity contribution in [2.24, 2.45) is 0 Å². The van der Waals surface area contributed by atoms with Crippen molar-refractivity contribution in [3.8, 4) is 5.75 Å². The molecule has 9 heteroatoms. The van der Waals surface area contributed by atoms with E-state index in [2.05, 4.69) is 47.1 Å². The maximum Gasteiger partial charge on any atom is 0.394 e. The second-order valence-electron chi connectivity index (χ2n) is 5.71. The summed E-state index contributed by atoms with van der Waals surface area (Å²) in [6, 6.07) is 14.2. The molecule has 1 heterocycles. The fourth-order valence-electron chi connectivity index (χ4n) is 2.09. The molecule has 0 aliphatic carbocycles. The molecule has 144 valence electrons. The van der Waals surface area contributed by atoms with Gasteiger partial charge in [-0.15, -0.1) is 0 Å². The summed E-state index contributed by atoms with van der Waals surface area (Å²) in [4.78, 5) is 8.95. The lowest BCUT2D eigenvalue weighted by Crippen LogP contribution is -2.31. The Kier molecular flexibility index (Phi) is 9.00. The van der Waals surface area contributed by atoms with Crippen molar-refractivity contribution in [3.05, 3.63) is 54.2 Å². The van der Waals surface area contributed by atoms with Crippen LogP contribution in [0.1, 0.15) is 5.56 Å². The quantitative estimate of drug-likeness (QED) is 0.700. The Morgan fingerprint density at radius 3 is 2.12 bits per heavy atom. The molecule has 0 saturated carbocycles. The van der Waals surface area contributed by atoms with Crippen molar-refractivity contribution < 1.29 is 22.3 Å². The van der Waals surface area contributed by atoms with Crippen LogP contribution in [0.15, 0.2) is 48.7 Å². The molecule has 0 unspecified atom stereocenters. The molecule has 0 radical (unpaired) electrons. The molecule has 0 saturated heterocycles. The number of nitrogens with zero attached hydrogens (tertiary/aromatic N) is 3. The van der Waals surface area contributed by atoms with Gasteiger partial charge in [0.05, 0.1) is 7.11 Å². The van der Waals surface area contributed by atoms with E-state index in [1.54, 1.807) is 7.11 Å². The van der Waals surface area contributed by atoms with Crippen molar-refractivity contribution in [2.75, 3.05) is 39.2 Å². The number of likely N-dealkylation sites (N-methyl/N-ethyl adjacent to an activating group) is 1. The average molecular weight is 383 g/mol. The lowest BCUT2D eigenvalue weighted by atomic mass is 10.2. The molecule has 0 bridgehead atoms. The Balaban J connectivity index is 0.000000597. The van der Waals surface area contributed by atoms with Gasteiger partial charge in [0.1, 0.15) is 11.6 Å². The van der Waals surface area contributed by atoms with Gasteiger partial charge in [0, 0.05) is 25.8 Å². The molecule has 2 aromatic rings. The molecule has 8 nitrogen and oxygen atoms in total. The third-order valence-electron chi connectivity index (χ3n) is 3.32. The highest BCUT2D eigenvalue weighted by Crippen LogP contribution is 2.16. The third kappa shape index (κ3) is 9.94. The van der Waals surface area contributed by atoms with Gasteiger partial charge in [-0.25, -0.2) is 4.98 Å². The molecule has 0 aliphatic rings. The minimum atomic E-state index is -4.67. The first-order valence-electron chi connectivity index (χ1n) is 7.82. The van der Waals surface area contributed by atoms with Gasteiger partial charge in [0.15, 0.2) is 0 Å². The highest BCUT2D eigenvalue weighted by Gasteiger charge is 2.09. The fourth-order valence-corrected chi connectivity index (χ4v) is 2.09. The lowest BCUT2D eigenvalue weighted by Gasteiger charge is -2.25. The Morgan fingerprint density at radius 1 is 1.04 bits per heavy atom. The first kappa shape index (κ1) is 21.8. The highest BCUT2D eigenvalue weighted by molar-refractivity contribution is 7.79. The number of anilines is 1. The minimum Gasteiger partial charge on any atom is -0.497 e. The van der Waals surface area contributed by atoms with E-state index < -0.39 is 10.4 Å². The molecule has 0 aliphatic heterocycles. The number of ether oxygens (including phenoxy) is 1. The van der Waals surface area contributed by atoms with Gasteiger partial charge >= 0.3 is 10.4 Å². The molecule has 0 amide bonds. The van der Waals surface area contributed by atoms with E-state index in [4.69, 9.17) is 22.3 Å². The molecule has 26 heavy (non-hydrogen) atoms. The summed E-state index contributed by atoms with van der Waals surface area (Å²) in [7, 11) is 1.19. The van der Waals surface area contributed by atoms with Gasteiger partial charge < -0.3 is 14.5 Å². The number of methoxy groups -OCH3 is 1. The number of aromatic nitrogens is 1. The fraction of sp³-hybridized carbons (Fsp3) is 0.353. The molecular weight excluding hydrogens is 358 g/mol. The number of pyridine rings is 1. The Bertz CT molecular complexity index is 729. The molecule has 0 spiro atoms. The van der Waals surface area contributed by atoms with Gasteiger partial charge in [-0.05, 0) is 43.9 Å². The zero-order valence-electron chi connectivity index (χ0n) is 15.1. The summed E-state index contributed by atoms with van der Waals surface area (Å²) in [6.07, 6.45) is 1.84. The molecule has 0 fully saturated rings. The van der Waals surface area contributed by atoms with Crippen LogP contribution in [0.4, 0.5) is 5.82 Å². The predicted octanol–water partition coefficient (Wildman–Crippen LogP) is 2.01. The second kappa shape index (κ2) is 10.7. The first-order valence-corrected chi connectivity index (χ1v) is 9.22. The van der Waals surface area contributed by atoms with Crippen LogP contribution in [0.25, 0.3) is 0 Å². The summed E-state index contributed by atoms with van der Waals surface area (Å²) in [5.74, 6) is 1.89. The van der Waals surface area contributed by atoms with Gasteiger partial charge in [0.2, 0.25) is 0 Å². The average Bonchev–Trinajstić information content (AvgIpc) is 2.58. The van der Waals surface area contributed by atoms with E-state index in [9.17, 15) is 0 Å². The van der Waals surface area contributed by atoms with E-state index in [1.807, 2.05) is 30.5 Å². The summed E-state index contributed by atoms with van der Waals surface area (Å²) < 4.78 is 36.8. The Morgan fingerprint density at radius 2 is 1.65 bits per heavy atom. The smallest absolute Gasteiger partial charge is 0.394 e. The van der Waals surface area contributed by atoms with E-state index in [1.165, 1.54) is 5.56 Å². The van der Waals surface area contributed by atoms with Gasteiger partial charge in [-0.3, -0.25) is 9.11 Å². The molecule has 0 atom stereocenters. The summed E-state index contributed by atoms with van der Waals surface area (Å²) in [5.41, 5.74) is 1.25. The van der Waals surface area contributed by atoms with Gasteiger partial charge in [0.25, 0.3) is 0 Å². The van der Waals surface area contributed by atoms with Crippen LogP contribution in [0.2, 0.25) is 0 Å². The minimum absolute atomic E-state index is 0.842. The predicted molar refractivity (Wildman–Crippen MR) is 101 cm³/mol. The van der Waals surface area contributed by atoms with Crippen molar-refractivity contribution in [1.82, 2.24) is 9.88 Å². The maximum absolute atomic E-state index is 8.74. The van der Waals surface area contributed by atoms with Crippen LogP contribution in [0, 0.1) is 0 Å². The third-order valence-corrected chi connectivity index (χ3v) is 3.32. The Labute approximate surface area is 154 Å². The van der Waals surface area contributed by atoms with Crippen LogP contribution < -0.4 is 9.64 Å². The zero-order chi connectivity index (χ0) is 19.6. The van der Waals surface area contributed by atoms with Crippen LogP contribution in [0.3, 0.4) is 0 Å². The standard InChI is InChI=1S/C17H23N3O.H2O4S/c1-19(2)12-13-20(17-6-4-5-11-18-17)14-15-7-9-16(21-3)10-8-15;1-5(2,3)4/h4-11H,12-14H2,1-3H3;(H2,1,2,3,4). The van der Waals surface area contributed by atoms with E-state index >= 15 is 0 Å². The summed E-state index contributed by atoms with van der Waals surface area (Å²) >= 11 is 0. The monoisotopic (exact) mass is 383 g/mol. The zero-order valence-corrected chi connectivity index (χ0v) is 15.9. The van der Waals surface area contributed by atoms with Crippen molar-refractivity contribution >= 4 is 16.2 Å². The van der Waals surface area contributed by atoms with E-state index in [-0.39, 0.29) is 0 Å². The topological polar surface area (TPSA) is 103 Å². The lowest BCUT2D eigenvalue weighted by molar-refractivity contribution is 0.381. The molecule has 2 rings (SSSR count). The van der Waals surface area contributed by atoms with Crippen molar-refractivity contribution in [3.63, 3.8) is 0 Å². The largest absolute Gasteiger partial charge is 0.497 e. The normalized spacial score (nSPS) is 10.8. The number of benzene rings is 1. The molecule has 2 N–H and O–H groups in total. The highest BCUT2D eigenvalue weighted by atomic mass is 32.3. The molecule has 1 aromatic heterocycles.